The molecule has 0 saturated heterocycles. The summed E-state index contributed by atoms with van der Waals surface area (Å²) < 4.78 is 27.5. The number of halogens is 2. The highest BCUT2D eigenvalue weighted by Gasteiger charge is 2.21. The van der Waals surface area contributed by atoms with Gasteiger partial charge in [-0.3, -0.25) is 4.79 Å². The van der Waals surface area contributed by atoms with E-state index in [0.717, 1.165) is 36.3 Å². The fraction of sp³-hybridized carbons (Fsp3) is 0.350. The van der Waals surface area contributed by atoms with E-state index in [4.69, 9.17) is 5.73 Å². The van der Waals surface area contributed by atoms with E-state index < -0.39 is 11.6 Å². The summed E-state index contributed by atoms with van der Waals surface area (Å²) in [5.41, 5.74) is 8.84. The molecule has 26 heavy (non-hydrogen) atoms. The molecule has 0 aromatic heterocycles. The number of carbonyl (C=O) groups is 1. The Balaban J connectivity index is 1.62. The van der Waals surface area contributed by atoms with Gasteiger partial charge in [0, 0.05) is 29.5 Å². The van der Waals surface area contributed by atoms with Crippen LogP contribution in [-0.2, 0) is 17.6 Å². The van der Waals surface area contributed by atoms with Crippen LogP contribution >= 0.6 is 0 Å². The quantitative estimate of drug-likeness (QED) is 0.807. The zero-order valence-electron chi connectivity index (χ0n) is 14.8. The molecule has 1 amide bonds. The second-order valence-corrected chi connectivity index (χ2v) is 6.74. The second kappa shape index (κ2) is 7.72. The normalized spacial score (nSPS) is 14.7. The van der Waals surface area contributed by atoms with E-state index >= 15 is 0 Å². The lowest BCUT2D eigenvalue weighted by atomic mass is 10.00. The Hall–Kier alpha value is -2.63. The number of anilines is 2. The smallest absolute Gasteiger partial charge is 0.239 e. The summed E-state index contributed by atoms with van der Waals surface area (Å²) in [6, 6.07) is 9.12. The molecule has 0 aliphatic carbocycles. The molecule has 1 heterocycles. The molecule has 1 unspecified atom stereocenters. The van der Waals surface area contributed by atoms with Crippen LogP contribution < -0.4 is 16.0 Å². The SMILES string of the molecule is CC(Cc1c(F)cccc1F)NC(=O)CN1CCCc2c(N)cccc21. The molecule has 0 saturated carbocycles. The van der Waals surface area contributed by atoms with Crippen LogP contribution in [0, 0.1) is 11.6 Å². The number of nitrogens with zero attached hydrogens (tertiary/aromatic N) is 1. The third kappa shape index (κ3) is 3.95. The van der Waals surface area contributed by atoms with E-state index in [9.17, 15) is 13.6 Å². The summed E-state index contributed by atoms with van der Waals surface area (Å²) >= 11 is 0. The van der Waals surface area contributed by atoms with E-state index in [-0.39, 0.29) is 30.5 Å². The number of benzene rings is 2. The van der Waals surface area contributed by atoms with Gasteiger partial charge in [-0.05, 0) is 56.0 Å². The second-order valence-electron chi connectivity index (χ2n) is 6.74. The van der Waals surface area contributed by atoms with Gasteiger partial charge in [0.2, 0.25) is 5.91 Å². The zero-order valence-corrected chi connectivity index (χ0v) is 14.8. The lowest BCUT2D eigenvalue weighted by Crippen LogP contribution is -2.43. The molecule has 1 atom stereocenters. The molecule has 2 aromatic carbocycles. The van der Waals surface area contributed by atoms with Gasteiger partial charge in [-0.1, -0.05) is 12.1 Å². The van der Waals surface area contributed by atoms with Crippen LogP contribution in [0.1, 0.15) is 24.5 Å². The first-order valence-electron chi connectivity index (χ1n) is 8.80. The van der Waals surface area contributed by atoms with E-state index in [1.54, 1.807) is 6.92 Å². The van der Waals surface area contributed by atoms with Crippen molar-refractivity contribution in [2.45, 2.75) is 32.2 Å². The first-order chi connectivity index (χ1) is 12.5. The minimum atomic E-state index is -0.591. The number of nitrogens with two attached hydrogens (primary N) is 1. The summed E-state index contributed by atoms with van der Waals surface area (Å²) in [5, 5.41) is 2.83. The predicted octanol–water partition coefficient (Wildman–Crippen LogP) is 3.05. The van der Waals surface area contributed by atoms with Crippen LogP contribution in [0.15, 0.2) is 36.4 Å². The van der Waals surface area contributed by atoms with Crippen molar-refractivity contribution in [1.82, 2.24) is 5.32 Å². The van der Waals surface area contributed by atoms with Crippen molar-refractivity contribution in [1.29, 1.82) is 0 Å². The van der Waals surface area contributed by atoms with Crippen molar-refractivity contribution in [2.75, 3.05) is 23.7 Å². The molecule has 3 N–H and O–H groups in total. The Morgan fingerprint density at radius 3 is 2.65 bits per heavy atom. The van der Waals surface area contributed by atoms with Crippen molar-refractivity contribution < 1.29 is 13.6 Å². The molecule has 0 bridgehead atoms. The fourth-order valence-electron chi connectivity index (χ4n) is 3.47. The highest BCUT2D eigenvalue weighted by molar-refractivity contribution is 5.82. The molecule has 0 radical (unpaired) electrons. The minimum absolute atomic E-state index is 0.00334. The predicted molar refractivity (Wildman–Crippen MR) is 99.1 cm³/mol. The zero-order chi connectivity index (χ0) is 18.7. The molecular formula is C20H23F2N3O. The van der Waals surface area contributed by atoms with Gasteiger partial charge in [-0.15, -0.1) is 0 Å². The van der Waals surface area contributed by atoms with Crippen molar-refractivity contribution >= 4 is 17.3 Å². The number of nitrogen functional groups attached to an aromatic ring is 1. The van der Waals surface area contributed by atoms with Crippen molar-refractivity contribution in [3.05, 3.63) is 59.2 Å². The summed E-state index contributed by atoms with van der Waals surface area (Å²) in [6.45, 7) is 2.71. The Labute approximate surface area is 152 Å². The van der Waals surface area contributed by atoms with Gasteiger partial charge in [-0.2, -0.15) is 0 Å². The molecule has 138 valence electrons. The number of fused-ring (bicyclic) bond motifs is 1. The molecule has 0 spiro atoms. The standard InChI is InChI=1S/C20H23F2N3O/c1-13(11-15-16(21)6-2-7-17(15)22)24-20(26)12-25-10-4-5-14-18(23)8-3-9-19(14)25/h2-3,6-9,13H,4-5,10-12,23H2,1H3,(H,24,26). The van der Waals surface area contributed by atoms with Gasteiger partial charge in [0.25, 0.3) is 0 Å². The molecular weight excluding hydrogens is 336 g/mol. The van der Waals surface area contributed by atoms with Crippen LogP contribution in [-0.4, -0.2) is 25.0 Å². The number of nitrogens with one attached hydrogen (secondary N) is 1. The van der Waals surface area contributed by atoms with Crippen LogP contribution in [0.25, 0.3) is 0 Å². The van der Waals surface area contributed by atoms with Crippen molar-refractivity contribution in [3.63, 3.8) is 0 Å². The average Bonchev–Trinajstić information content (AvgIpc) is 2.59. The lowest BCUT2D eigenvalue weighted by Gasteiger charge is -2.31. The van der Waals surface area contributed by atoms with Gasteiger partial charge in [0.15, 0.2) is 0 Å². The molecule has 2 aromatic rings. The van der Waals surface area contributed by atoms with E-state index in [1.807, 2.05) is 23.1 Å². The van der Waals surface area contributed by atoms with E-state index in [1.165, 1.54) is 18.2 Å². The van der Waals surface area contributed by atoms with Crippen LogP contribution in [0.4, 0.5) is 20.2 Å². The maximum Gasteiger partial charge on any atom is 0.239 e. The molecule has 1 aliphatic rings. The summed E-state index contributed by atoms with van der Waals surface area (Å²) in [7, 11) is 0. The molecule has 1 aliphatic heterocycles. The first kappa shape index (κ1) is 18.2. The maximum atomic E-state index is 13.8. The topological polar surface area (TPSA) is 58.4 Å². The highest BCUT2D eigenvalue weighted by Crippen LogP contribution is 2.30. The van der Waals surface area contributed by atoms with Crippen LogP contribution in [0.2, 0.25) is 0 Å². The number of rotatable bonds is 5. The van der Waals surface area contributed by atoms with Gasteiger partial charge in [0.1, 0.15) is 11.6 Å². The van der Waals surface area contributed by atoms with E-state index in [0.29, 0.717) is 0 Å². The number of carbonyl (C=O) groups excluding carboxylic acids is 1. The molecule has 6 heteroatoms. The Morgan fingerprint density at radius 2 is 1.92 bits per heavy atom. The number of hydrogen-bond donors (Lipinski definition) is 2. The summed E-state index contributed by atoms with van der Waals surface area (Å²) in [4.78, 5) is 14.4. The lowest BCUT2D eigenvalue weighted by molar-refractivity contribution is -0.120. The minimum Gasteiger partial charge on any atom is -0.398 e. The summed E-state index contributed by atoms with van der Waals surface area (Å²) in [6.07, 6.45) is 1.95. The van der Waals surface area contributed by atoms with Crippen molar-refractivity contribution in [2.24, 2.45) is 0 Å². The molecule has 4 nitrogen and oxygen atoms in total. The Kier molecular flexibility index (Phi) is 5.40. The fourth-order valence-corrected chi connectivity index (χ4v) is 3.47. The molecule has 0 fully saturated rings. The van der Waals surface area contributed by atoms with Gasteiger partial charge in [-0.25, -0.2) is 8.78 Å². The van der Waals surface area contributed by atoms with Crippen LogP contribution in [0.3, 0.4) is 0 Å². The Morgan fingerprint density at radius 1 is 1.23 bits per heavy atom. The largest absolute Gasteiger partial charge is 0.398 e. The Bertz CT molecular complexity index is 789. The number of hydrogen-bond acceptors (Lipinski definition) is 3. The number of amides is 1. The maximum absolute atomic E-state index is 13.8. The summed E-state index contributed by atoms with van der Waals surface area (Å²) in [5.74, 6) is -1.36. The first-order valence-corrected chi connectivity index (χ1v) is 8.80. The van der Waals surface area contributed by atoms with Crippen LogP contribution in [0.5, 0.6) is 0 Å². The third-order valence-electron chi connectivity index (χ3n) is 4.70. The van der Waals surface area contributed by atoms with Gasteiger partial charge < -0.3 is 16.0 Å². The van der Waals surface area contributed by atoms with Gasteiger partial charge >= 0.3 is 0 Å². The van der Waals surface area contributed by atoms with Gasteiger partial charge in [0.05, 0.1) is 6.54 Å². The highest BCUT2D eigenvalue weighted by atomic mass is 19.1. The molecule has 3 rings (SSSR count). The third-order valence-corrected chi connectivity index (χ3v) is 4.70. The van der Waals surface area contributed by atoms with E-state index in [2.05, 4.69) is 5.32 Å². The monoisotopic (exact) mass is 359 g/mol. The van der Waals surface area contributed by atoms with Crippen molar-refractivity contribution in [3.8, 4) is 0 Å². The average molecular weight is 359 g/mol.